The predicted octanol–water partition coefficient (Wildman–Crippen LogP) is 2.10. The van der Waals surface area contributed by atoms with Crippen LogP contribution in [0.15, 0.2) is 18.2 Å². The summed E-state index contributed by atoms with van der Waals surface area (Å²) < 4.78 is 0. The molecule has 1 atom stereocenters. The first-order valence-corrected chi connectivity index (χ1v) is 5.78. The molecular weight excluding hydrogens is 256 g/mol. The van der Waals surface area contributed by atoms with E-state index in [1.807, 2.05) is 0 Å². The Morgan fingerprint density at radius 3 is 2.56 bits per heavy atom. The zero-order chi connectivity index (χ0) is 13.9. The molecule has 0 saturated heterocycles. The van der Waals surface area contributed by atoms with Crippen molar-refractivity contribution in [1.82, 2.24) is 0 Å². The summed E-state index contributed by atoms with van der Waals surface area (Å²) in [7, 11) is 0. The highest BCUT2D eigenvalue weighted by Crippen LogP contribution is 2.20. The second kappa shape index (κ2) is 5.37. The Hall–Kier alpha value is -1.59. The molecule has 5 nitrogen and oxygen atoms in total. The van der Waals surface area contributed by atoms with E-state index < -0.39 is 11.5 Å². The Bertz CT molecular complexity index is 486. The van der Waals surface area contributed by atoms with Crippen LogP contribution in [0.2, 0.25) is 5.02 Å². The number of rotatable bonds is 4. The number of nitrogens with two attached hydrogens (primary N) is 1. The van der Waals surface area contributed by atoms with Gasteiger partial charge in [-0.15, -0.1) is 0 Å². The van der Waals surface area contributed by atoms with Gasteiger partial charge in [0, 0.05) is 10.7 Å². The lowest BCUT2D eigenvalue weighted by atomic mass is 9.99. The average molecular weight is 271 g/mol. The molecule has 18 heavy (non-hydrogen) atoms. The normalized spacial score (nSPS) is 13.8. The number of amides is 1. The monoisotopic (exact) mass is 270 g/mol. The minimum Gasteiger partial charge on any atom is -0.478 e. The van der Waals surface area contributed by atoms with E-state index >= 15 is 0 Å². The Balaban J connectivity index is 2.98. The quantitative estimate of drug-likeness (QED) is 0.781. The van der Waals surface area contributed by atoms with E-state index in [1.165, 1.54) is 18.2 Å². The SMILES string of the molecule is CCC(C)(N)C(=O)Nc1cc(Cl)cc(C(=O)O)c1. The zero-order valence-electron chi connectivity index (χ0n) is 10.2. The molecule has 0 heterocycles. The van der Waals surface area contributed by atoms with Gasteiger partial charge in [-0.1, -0.05) is 18.5 Å². The van der Waals surface area contributed by atoms with Crippen LogP contribution in [-0.4, -0.2) is 22.5 Å². The number of halogens is 1. The first-order chi connectivity index (χ1) is 8.26. The predicted molar refractivity (Wildman–Crippen MR) is 69.9 cm³/mol. The Kier molecular flexibility index (Phi) is 4.32. The van der Waals surface area contributed by atoms with Crippen molar-refractivity contribution in [3.05, 3.63) is 28.8 Å². The molecule has 1 aromatic rings. The van der Waals surface area contributed by atoms with E-state index in [9.17, 15) is 9.59 Å². The van der Waals surface area contributed by atoms with Crippen LogP contribution in [-0.2, 0) is 4.79 Å². The largest absolute Gasteiger partial charge is 0.478 e. The third-order valence-electron chi connectivity index (χ3n) is 2.66. The van der Waals surface area contributed by atoms with Crippen molar-refractivity contribution in [1.29, 1.82) is 0 Å². The number of carbonyl (C=O) groups is 2. The molecule has 0 aromatic heterocycles. The van der Waals surface area contributed by atoms with E-state index in [-0.39, 0.29) is 16.5 Å². The van der Waals surface area contributed by atoms with Gasteiger partial charge in [0.25, 0.3) is 0 Å². The number of carboxylic acid groups (broad SMARTS) is 1. The molecule has 1 unspecified atom stereocenters. The van der Waals surface area contributed by atoms with Gasteiger partial charge in [0.1, 0.15) is 0 Å². The molecular formula is C12H15ClN2O3. The molecule has 1 rings (SSSR count). The number of nitrogens with one attached hydrogen (secondary N) is 1. The van der Waals surface area contributed by atoms with Gasteiger partial charge in [0.2, 0.25) is 5.91 Å². The van der Waals surface area contributed by atoms with Crippen molar-refractivity contribution in [2.24, 2.45) is 5.73 Å². The van der Waals surface area contributed by atoms with Crippen molar-refractivity contribution in [3.63, 3.8) is 0 Å². The van der Waals surface area contributed by atoms with Gasteiger partial charge < -0.3 is 16.2 Å². The van der Waals surface area contributed by atoms with Gasteiger partial charge in [-0.2, -0.15) is 0 Å². The fourth-order valence-corrected chi connectivity index (χ4v) is 1.45. The lowest BCUT2D eigenvalue weighted by Crippen LogP contribution is -2.47. The molecule has 0 aliphatic rings. The van der Waals surface area contributed by atoms with Crippen LogP contribution in [0.1, 0.15) is 30.6 Å². The summed E-state index contributed by atoms with van der Waals surface area (Å²) in [6.45, 7) is 3.39. The highest BCUT2D eigenvalue weighted by atomic mass is 35.5. The van der Waals surface area contributed by atoms with E-state index in [0.29, 0.717) is 12.1 Å². The van der Waals surface area contributed by atoms with E-state index in [4.69, 9.17) is 22.4 Å². The van der Waals surface area contributed by atoms with Crippen LogP contribution >= 0.6 is 11.6 Å². The molecule has 98 valence electrons. The molecule has 1 aromatic carbocycles. The van der Waals surface area contributed by atoms with Crippen LogP contribution in [0.4, 0.5) is 5.69 Å². The molecule has 0 spiro atoms. The Morgan fingerprint density at radius 2 is 2.06 bits per heavy atom. The van der Waals surface area contributed by atoms with Gasteiger partial charge in [-0.25, -0.2) is 4.79 Å². The minimum absolute atomic E-state index is 0.00743. The van der Waals surface area contributed by atoms with Crippen LogP contribution in [0.25, 0.3) is 0 Å². The Labute approximate surface area is 110 Å². The number of carbonyl (C=O) groups excluding carboxylic acids is 1. The molecule has 0 saturated carbocycles. The fourth-order valence-electron chi connectivity index (χ4n) is 1.22. The number of hydrogen-bond acceptors (Lipinski definition) is 3. The molecule has 0 aliphatic heterocycles. The lowest BCUT2D eigenvalue weighted by molar-refractivity contribution is -0.120. The topological polar surface area (TPSA) is 92.4 Å². The van der Waals surface area contributed by atoms with Crippen molar-refractivity contribution in [2.75, 3.05) is 5.32 Å². The third-order valence-corrected chi connectivity index (χ3v) is 2.87. The second-order valence-electron chi connectivity index (χ2n) is 4.26. The third kappa shape index (κ3) is 3.45. The maximum absolute atomic E-state index is 11.8. The average Bonchev–Trinajstić information content (AvgIpc) is 2.28. The maximum Gasteiger partial charge on any atom is 0.335 e. The lowest BCUT2D eigenvalue weighted by Gasteiger charge is -2.21. The smallest absolute Gasteiger partial charge is 0.335 e. The number of aromatic carboxylic acids is 1. The molecule has 0 fully saturated rings. The van der Waals surface area contributed by atoms with E-state index in [0.717, 1.165) is 0 Å². The van der Waals surface area contributed by atoms with Crippen LogP contribution < -0.4 is 11.1 Å². The summed E-state index contributed by atoms with van der Waals surface area (Å²) in [4.78, 5) is 22.7. The van der Waals surface area contributed by atoms with Gasteiger partial charge in [-0.3, -0.25) is 4.79 Å². The van der Waals surface area contributed by atoms with Gasteiger partial charge in [0.15, 0.2) is 0 Å². The molecule has 6 heteroatoms. The van der Waals surface area contributed by atoms with Gasteiger partial charge in [0.05, 0.1) is 11.1 Å². The standard InChI is InChI=1S/C12H15ClN2O3/c1-3-12(2,14)11(18)15-9-5-7(10(16)17)4-8(13)6-9/h4-6H,3,14H2,1-2H3,(H,15,18)(H,16,17). The minimum atomic E-state index is -1.11. The van der Waals surface area contributed by atoms with Gasteiger partial charge >= 0.3 is 5.97 Å². The summed E-state index contributed by atoms with van der Waals surface area (Å²) in [5.41, 5.74) is 5.10. The van der Waals surface area contributed by atoms with Crippen molar-refractivity contribution < 1.29 is 14.7 Å². The van der Waals surface area contributed by atoms with E-state index in [1.54, 1.807) is 13.8 Å². The summed E-state index contributed by atoms with van der Waals surface area (Å²) in [6.07, 6.45) is 0.463. The van der Waals surface area contributed by atoms with Crippen LogP contribution in [0.5, 0.6) is 0 Å². The van der Waals surface area contributed by atoms with Crippen molar-refractivity contribution >= 4 is 29.2 Å². The first kappa shape index (κ1) is 14.5. The molecule has 0 aliphatic carbocycles. The summed E-state index contributed by atoms with van der Waals surface area (Å²) in [5, 5.41) is 11.7. The van der Waals surface area contributed by atoms with Crippen molar-refractivity contribution in [2.45, 2.75) is 25.8 Å². The molecule has 0 bridgehead atoms. The number of benzene rings is 1. The molecule has 0 radical (unpaired) electrons. The van der Waals surface area contributed by atoms with Crippen LogP contribution in [0, 0.1) is 0 Å². The van der Waals surface area contributed by atoms with Gasteiger partial charge in [-0.05, 0) is 31.5 Å². The highest BCUT2D eigenvalue weighted by molar-refractivity contribution is 6.31. The van der Waals surface area contributed by atoms with E-state index in [2.05, 4.69) is 5.32 Å². The number of hydrogen-bond donors (Lipinski definition) is 3. The summed E-state index contributed by atoms with van der Waals surface area (Å²) in [5.74, 6) is -1.50. The molecule has 4 N–H and O–H groups in total. The first-order valence-electron chi connectivity index (χ1n) is 5.40. The number of anilines is 1. The fraction of sp³-hybridized carbons (Fsp3) is 0.333. The maximum atomic E-state index is 11.8. The molecule has 1 amide bonds. The Morgan fingerprint density at radius 1 is 1.44 bits per heavy atom. The number of carboxylic acids is 1. The summed E-state index contributed by atoms with van der Waals surface area (Å²) >= 11 is 5.78. The summed E-state index contributed by atoms with van der Waals surface area (Å²) in [6, 6.07) is 4.11. The van der Waals surface area contributed by atoms with Crippen LogP contribution in [0.3, 0.4) is 0 Å². The van der Waals surface area contributed by atoms with Crippen molar-refractivity contribution in [3.8, 4) is 0 Å². The highest BCUT2D eigenvalue weighted by Gasteiger charge is 2.26. The zero-order valence-corrected chi connectivity index (χ0v) is 10.9. The second-order valence-corrected chi connectivity index (χ2v) is 4.70.